The van der Waals surface area contributed by atoms with Crippen LogP contribution in [0.3, 0.4) is 0 Å². The molecule has 4 aromatic rings. The van der Waals surface area contributed by atoms with Gasteiger partial charge in [-0.25, -0.2) is 0 Å². The molecule has 5 rings (SSSR count). The highest BCUT2D eigenvalue weighted by molar-refractivity contribution is 6.13. The molecule has 0 amide bonds. The van der Waals surface area contributed by atoms with E-state index in [9.17, 15) is 0 Å². The molecule has 0 nitrogen and oxygen atoms in total. The second-order valence-corrected chi connectivity index (χ2v) is 12.0. The molecule has 0 aromatic heterocycles. The molecule has 0 bridgehead atoms. The third-order valence-electron chi connectivity index (χ3n) is 7.22. The minimum absolute atomic E-state index is 0.0850. The van der Waals surface area contributed by atoms with Crippen molar-refractivity contribution < 1.29 is 0 Å². The Bertz CT molecular complexity index is 1370. The van der Waals surface area contributed by atoms with Crippen LogP contribution in [0.5, 0.6) is 0 Å². The minimum atomic E-state index is 0.0850. The maximum absolute atomic E-state index is 2.44. The van der Waals surface area contributed by atoms with Crippen molar-refractivity contribution in [3.8, 4) is 11.1 Å². The van der Waals surface area contributed by atoms with Gasteiger partial charge in [-0.15, -0.1) is 0 Å². The molecule has 0 radical (unpaired) electrons. The molecule has 0 fully saturated rings. The summed E-state index contributed by atoms with van der Waals surface area (Å²) in [5, 5.41) is 0. The van der Waals surface area contributed by atoms with E-state index in [2.05, 4.69) is 139 Å². The van der Waals surface area contributed by atoms with Crippen molar-refractivity contribution in [2.75, 3.05) is 0 Å². The van der Waals surface area contributed by atoms with Crippen LogP contribution in [0.25, 0.3) is 22.3 Å². The number of aryl methyl sites for hydroxylation is 1. The van der Waals surface area contributed by atoms with Crippen molar-refractivity contribution in [2.24, 2.45) is 0 Å². The molecule has 0 atom stereocenters. The molecule has 1 aliphatic carbocycles. The molecule has 0 heteroatoms. The van der Waals surface area contributed by atoms with Gasteiger partial charge in [0.15, 0.2) is 0 Å². The lowest BCUT2D eigenvalue weighted by atomic mass is 9.82. The van der Waals surface area contributed by atoms with Crippen LogP contribution < -0.4 is 0 Å². The lowest BCUT2D eigenvalue weighted by Crippen LogP contribution is -2.11. The van der Waals surface area contributed by atoms with Gasteiger partial charge in [0.25, 0.3) is 0 Å². The number of rotatable bonds is 2. The molecule has 1 aliphatic rings. The normalized spacial score (nSPS) is 12.9. The van der Waals surface area contributed by atoms with Gasteiger partial charge in [0.1, 0.15) is 0 Å². The van der Waals surface area contributed by atoms with Crippen LogP contribution in [0.15, 0.2) is 91.0 Å². The summed E-state index contributed by atoms with van der Waals surface area (Å²) in [6.07, 6.45) is 0. The Balaban J connectivity index is 1.94. The fourth-order valence-electron chi connectivity index (χ4n) is 5.18. The summed E-state index contributed by atoms with van der Waals surface area (Å²) in [6, 6.07) is 34.1. The van der Waals surface area contributed by atoms with Crippen molar-refractivity contribution in [2.45, 2.75) is 59.3 Å². The highest BCUT2D eigenvalue weighted by atomic mass is 14.3. The predicted octanol–water partition coefficient (Wildman–Crippen LogP) is 9.58. The third-order valence-corrected chi connectivity index (χ3v) is 7.22. The van der Waals surface area contributed by atoms with Gasteiger partial charge in [0.05, 0.1) is 0 Å². The van der Waals surface area contributed by atoms with E-state index in [1.54, 1.807) is 0 Å². The van der Waals surface area contributed by atoms with E-state index < -0.39 is 0 Å². The molecule has 0 saturated carbocycles. The fourth-order valence-corrected chi connectivity index (χ4v) is 5.18. The van der Waals surface area contributed by atoms with Gasteiger partial charge in [0, 0.05) is 0 Å². The standard InChI is InChI=1S/C35H36/c1-23-12-11-15-25(20-23)32(24-13-9-8-10-14-24)33-30-21-26(34(2,3)4)16-18-28(30)29-19-17-27(22-31(29)33)35(5,6)7/h8-22H,1-7H3. The molecule has 0 saturated heterocycles. The quantitative estimate of drug-likeness (QED) is 0.248. The topological polar surface area (TPSA) is 0 Å². The van der Waals surface area contributed by atoms with Crippen LogP contribution in [0, 0.1) is 6.92 Å². The minimum Gasteiger partial charge on any atom is -0.0622 e. The number of benzene rings is 4. The SMILES string of the molecule is Cc1cccc(C(=C2c3cc(C(C)(C)C)ccc3-c3ccc(C(C)(C)C)cc32)c2ccccc2)c1. The van der Waals surface area contributed by atoms with E-state index >= 15 is 0 Å². The number of hydrogen-bond donors (Lipinski definition) is 0. The van der Waals surface area contributed by atoms with Crippen LogP contribution in [-0.2, 0) is 10.8 Å². The zero-order valence-corrected chi connectivity index (χ0v) is 22.2. The largest absolute Gasteiger partial charge is 0.0622 e. The molecule has 0 aliphatic heterocycles. The molecule has 0 unspecified atom stereocenters. The van der Waals surface area contributed by atoms with E-state index in [0.29, 0.717) is 0 Å². The highest BCUT2D eigenvalue weighted by Gasteiger charge is 2.30. The molecule has 35 heavy (non-hydrogen) atoms. The zero-order chi connectivity index (χ0) is 25.0. The summed E-state index contributed by atoms with van der Waals surface area (Å²) >= 11 is 0. The monoisotopic (exact) mass is 456 g/mol. The summed E-state index contributed by atoms with van der Waals surface area (Å²) in [7, 11) is 0. The zero-order valence-electron chi connectivity index (χ0n) is 22.2. The summed E-state index contributed by atoms with van der Waals surface area (Å²) in [6.45, 7) is 16.0. The van der Waals surface area contributed by atoms with Crippen molar-refractivity contribution >= 4 is 11.1 Å². The molecule has 0 spiro atoms. The Morgan fingerprint density at radius 3 is 1.49 bits per heavy atom. The van der Waals surface area contributed by atoms with E-state index in [1.807, 2.05) is 0 Å². The van der Waals surface area contributed by atoms with Crippen LogP contribution in [0.1, 0.15) is 80.5 Å². The molecule has 176 valence electrons. The van der Waals surface area contributed by atoms with Crippen molar-refractivity contribution in [1.29, 1.82) is 0 Å². The second kappa shape index (κ2) is 8.38. The first-order chi connectivity index (χ1) is 16.5. The van der Waals surface area contributed by atoms with Gasteiger partial charge in [0.2, 0.25) is 0 Å². The maximum Gasteiger partial charge on any atom is -0.00141 e. The lowest BCUT2D eigenvalue weighted by molar-refractivity contribution is 0.590. The first kappa shape index (κ1) is 23.4. The van der Waals surface area contributed by atoms with Crippen LogP contribution >= 0.6 is 0 Å². The van der Waals surface area contributed by atoms with Gasteiger partial charge in [-0.1, -0.05) is 126 Å². The van der Waals surface area contributed by atoms with Crippen LogP contribution in [-0.4, -0.2) is 0 Å². The van der Waals surface area contributed by atoms with Crippen LogP contribution in [0.2, 0.25) is 0 Å². The summed E-state index contributed by atoms with van der Waals surface area (Å²) in [4.78, 5) is 0. The van der Waals surface area contributed by atoms with Gasteiger partial charge in [-0.2, -0.15) is 0 Å². The lowest BCUT2D eigenvalue weighted by Gasteiger charge is -2.22. The average Bonchev–Trinajstić information content (AvgIpc) is 3.12. The fraction of sp³-hybridized carbons (Fsp3) is 0.257. The van der Waals surface area contributed by atoms with Crippen molar-refractivity contribution in [1.82, 2.24) is 0 Å². The van der Waals surface area contributed by atoms with Gasteiger partial charge in [-0.3, -0.25) is 0 Å². The van der Waals surface area contributed by atoms with E-state index in [-0.39, 0.29) is 10.8 Å². The highest BCUT2D eigenvalue weighted by Crippen LogP contribution is 2.50. The smallest absolute Gasteiger partial charge is 0.00141 e. The Hall–Kier alpha value is -3.38. The van der Waals surface area contributed by atoms with Crippen molar-refractivity contribution in [3.63, 3.8) is 0 Å². The Labute approximate surface area is 211 Å². The third kappa shape index (κ3) is 4.27. The van der Waals surface area contributed by atoms with Gasteiger partial charge >= 0.3 is 0 Å². The van der Waals surface area contributed by atoms with E-state index in [1.165, 1.54) is 61.2 Å². The molecular formula is C35H36. The Morgan fingerprint density at radius 1 is 0.486 bits per heavy atom. The first-order valence-electron chi connectivity index (χ1n) is 12.7. The van der Waals surface area contributed by atoms with Crippen molar-refractivity contribution in [3.05, 3.63) is 130 Å². The Kier molecular flexibility index (Phi) is 5.59. The Morgan fingerprint density at radius 2 is 1.00 bits per heavy atom. The molecular weight excluding hydrogens is 420 g/mol. The van der Waals surface area contributed by atoms with E-state index in [4.69, 9.17) is 0 Å². The van der Waals surface area contributed by atoms with Gasteiger partial charge in [-0.05, 0) is 85.5 Å². The predicted molar refractivity (Wildman–Crippen MR) is 152 cm³/mol. The van der Waals surface area contributed by atoms with E-state index in [0.717, 1.165) is 0 Å². The summed E-state index contributed by atoms with van der Waals surface area (Å²) in [5.74, 6) is 0. The maximum atomic E-state index is 2.44. The number of fused-ring (bicyclic) bond motifs is 3. The number of hydrogen-bond acceptors (Lipinski definition) is 0. The molecule has 0 heterocycles. The summed E-state index contributed by atoms with van der Waals surface area (Å²) < 4.78 is 0. The second-order valence-electron chi connectivity index (χ2n) is 12.0. The first-order valence-corrected chi connectivity index (χ1v) is 12.7. The average molecular weight is 457 g/mol. The van der Waals surface area contributed by atoms with Gasteiger partial charge < -0.3 is 0 Å². The molecule has 4 aromatic carbocycles. The molecule has 0 N–H and O–H groups in total. The summed E-state index contributed by atoms with van der Waals surface area (Å²) in [5.41, 5.74) is 14.7. The van der Waals surface area contributed by atoms with Crippen LogP contribution in [0.4, 0.5) is 0 Å².